The van der Waals surface area contributed by atoms with Crippen LogP contribution in [-0.4, -0.2) is 29.2 Å². The number of aromatic hydroxyl groups is 1. The zero-order chi connectivity index (χ0) is 19.6. The first-order valence-electron chi connectivity index (χ1n) is 8.38. The lowest BCUT2D eigenvalue weighted by molar-refractivity contribution is -0.114. The van der Waals surface area contributed by atoms with Gasteiger partial charge >= 0.3 is 0 Å². The number of carbonyl (C=O) groups is 2. The van der Waals surface area contributed by atoms with Gasteiger partial charge in [-0.1, -0.05) is 6.07 Å². The SMILES string of the molecule is CCOc1cc(/C=C2\C(=O)N(c3ccc(C(N)=O)cc3)N=C2C)ccc1O. The van der Waals surface area contributed by atoms with E-state index in [1.807, 2.05) is 6.92 Å². The van der Waals surface area contributed by atoms with E-state index in [9.17, 15) is 14.7 Å². The van der Waals surface area contributed by atoms with Crippen LogP contribution in [0.25, 0.3) is 6.08 Å². The van der Waals surface area contributed by atoms with Gasteiger partial charge in [0.2, 0.25) is 5.91 Å². The molecule has 0 unspecified atom stereocenters. The lowest BCUT2D eigenvalue weighted by atomic mass is 10.1. The Balaban J connectivity index is 1.90. The number of primary amides is 1. The molecule has 7 heteroatoms. The largest absolute Gasteiger partial charge is 0.504 e. The third-order valence-corrected chi connectivity index (χ3v) is 4.05. The van der Waals surface area contributed by atoms with Crippen molar-refractivity contribution in [2.45, 2.75) is 13.8 Å². The Morgan fingerprint density at radius 2 is 1.96 bits per heavy atom. The van der Waals surface area contributed by atoms with E-state index in [-0.39, 0.29) is 11.7 Å². The average Bonchev–Trinajstić information content (AvgIpc) is 2.93. The normalized spacial score (nSPS) is 15.2. The van der Waals surface area contributed by atoms with Gasteiger partial charge in [0.15, 0.2) is 11.5 Å². The summed E-state index contributed by atoms with van der Waals surface area (Å²) in [4.78, 5) is 24.0. The zero-order valence-corrected chi connectivity index (χ0v) is 15.0. The number of phenols is 1. The Labute approximate surface area is 156 Å². The maximum absolute atomic E-state index is 12.8. The first kappa shape index (κ1) is 18.2. The molecule has 0 spiro atoms. The number of nitrogens with two attached hydrogens (primary N) is 1. The molecule has 0 atom stereocenters. The first-order valence-corrected chi connectivity index (χ1v) is 8.38. The van der Waals surface area contributed by atoms with Gasteiger partial charge in [-0.2, -0.15) is 10.1 Å². The number of phenolic OH excluding ortho intramolecular Hbond substituents is 1. The highest BCUT2D eigenvalue weighted by Gasteiger charge is 2.28. The topological polar surface area (TPSA) is 105 Å². The second-order valence-corrected chi connectivity index (χ2v) is 5.93. The molecule has 138 valence electrons. The van der Waals surface area contributed by atoms with Crippen molar-refractivity contribution in [2.75, 3.05) is 11.6 Å². The van der Waals surface area contributed by atoms with E-state index in [1.165, 1.54) is 11.1 Å². The highest BCUT2D eigenvalue weighted by molar-refractivity contribution is 6.32. The Morgan fingerprint density at radius 1 is 1.26 bits per heavy atom. The number of ether oxygens (including phenoxy) is 1. The minimum absolute atomic E-state index is 0.0401. The summed E-state index contributed by atoms with van der Waals surface area (Å²) in [5.41, 5.74) is 7.83. The summed E-state index contributed by atoms with van der Waals surface area (Å²) in [6.07, 6.45) is 1.70. The molecule has 27 heavy (non-hydrogen) atoms. The minimum Gasteiger partial charge on any atom is -0.504 e. The Kier molecular flexibility index (Phi) is 4.94. The molecular weight excluding hydrogens is 346 g/mol. The summed E-state index contributed by atoms with van der Waals surface area (Å²) in [5.74, 6) is -0.429. The molecule has 1 aliphatic heterocycles. The van der Waals surface area contributed by atoms with E-state index < -0.39 is 5.91 Å². The van der Waals surface area contributed by atoms with E-state index >= 15 is 0 Å². The predicted molar refractivity (Wildman–Crippen MR) is 103 cm³/mol. The van der Waals surface area contributed by atoms with Gasteiger partial charge in [-0.3, -0.25) is 9.59 Å². The van der Waals surface area contributed by atoms with Crippen LogP contribution in [-0.2, 0) is 4.79 Å². The van der Waals surface area contributed by atoms with Gasteiger partial charge in [0.25, 0.3) is 5.91 Å². The van der Waals surface area contributed by atoms with E-state index in [1.54, 1.807) is 49.4 Å². The maximum Gasteiger partial charge on any atom is 0.280 e. The molecule has 0 bridgehead atoms. The van der Waals surface area contributed by atoms with Crippen LogP contribution in [0.5, 0.6) is 11.5 Å². The van der Waals surface area contributed by atoms with Crippen LogP contribution in [0.3, 0.4) is 0 Å². The van der Waals surface area contributed by atoms with Gasteiger partial charge in [0.05, 0.1) is 23.6 Å². The number of rotatable bonds is 5. The van der Waals surface area contributed by atoms with Crippen molar-refractivity contribution in [3.8, 4) is 11.5 Å². The van der Waals surface area contributed by atoms with Gasteiger partial charge in [-0.05, 0) is 61.9 Å². The first-order chi connectivity index (χ1) is 12.9. The zero-order valence-electron chi connectivity index (χ0n) is 15.0. The molecule has 3 N–H and O–H groups in total. The van der Waals surface area contributed by atoms with Crippen LogP contribution < -0.4 is 15.5 Å². The van der Waals surface area contributed by atoms with Crippen LogP contribution in [0.2, 0.25) is 0 Å². The molecule has 0 radical (unpaired) electrons. The van der Waals surface area contributed by atoms with Gasteiger partial charge in [0, 0.05) is 5.56 Å². The molecular formula is C20H19N3O4. The van der Waals surface area contributed by atoms with Crippen molar-refractivity contribution < 1.29 is 19.4 Å². The molecule has 2 aromatic rings. The molecule has 0 fully saturated rings. The number of nitrogens with zero attached hydrogens (tertiary/aromatic N) is 2. The Morgan fingerprint density at radius 3 is 2.59 bits per heavy atom. The van der Waals surface area contributed by atoms with Gasteiger partial charge in [0.1, 0.15) is 0 Å². The summed E-state index contributed by atoms with van der Waals surface area (Å²) in [5, 5.41) is 15.4. The number of hydrazone groups is 1. The molecule has 1 heterocycles. The smallest absolute Gasteiger partial charge is 0.280 e. The van der Waals surface area contributed by atoms with E-state index in [0.717, 1.165) is 0 Å². The van der Waals surface area contributed by atoms with Gasteiger partial charge in [-0.25, -0.2) is 0 Å². The minimum atomic E-state index is -0.535. The predicted octanol–water partition coefficient (Wildman–Crippen LogP) is 2.70. The molecule has 0 saturated heterocycles. The molecule has 0 aromatic heterocycles. The number of hydrogen-bond acceptors (Lipinski definition) is 5. The van der Waals surface area contributed by atoms with Crippen LogP contribution in [0.4, 0.5) is 5.69 Å². The highest BCUT2D eigenvalue weighted by atomic mass is 16.5. The molecule has 0 aliphatic carbocycles. The van der Waals surface area contributed by atoms with Crippen LogP contribution in [0.15, 0.2) is 53.1 Å². The summed E-state index contributed by atoms with van der Waals surface area (Å²) in [7, 11) is 0. The van der Waals surface area contributed by atoms with Crippen molar-refractivity contribution in [1.82, 2.24) is 0 Å². The Hall–Kier alpha value is -3.61. The van der Waals surface area contributed by atoms with Crippen molar-refractivity contribution in [1.29, 1.82) is 0 Å². The van der Waals surface area contributed by atoms with E-state index in [4.69, 9.17) is 10.5 Å². The standard InChI is InChI=1S/C20H19N3O4/c1-3-27-18-11-13(4-9-17(18)24)10-16-12(2)22-23(20(16)26)15-7-5-14(6-8-15)19(21)25/h4-11,24H,3H2,1-2H3,(H2,21,25)/b16-10-. The van der Waals surface area contributed by atoms with E-state index in [2.05, 4.69) is 5.10 Å². The Bertz CT molecular complexity index is 962. The van der Waals surface area contributed by atoms with Crippen molar-refractivity contribution in [2.24, 2.45) is 10.8 Å². The monoisotopic (exact) mass is 365 g/mol. The third kappa shape index (κ3) is 3.67. The number of carbonyl (C=O) groups excluding carboxylic acids is 2. The number of amides is 2. The van der Waals surface area contributed by atoms with Crippen LogP contribution in [0.1, 0.15) is 29.8 Å². The number of benzene rings is 2. The van der Waals surface area contributed by atoms with Crippen molar-refractivity contribution in [3.63, 3.8) is 0 Å². The fourth-order valence-electron chi connectivity index (χ4n) is 2.68. The third-order valence-electron chi connectivity index (χ3n) is 4.05. The summed E-state index contributed by atoms with van der Waals surface area (Å²) in [6, 6.07) is 11.2. The fraction of sp³-hybridized carbons (Fsp3) is 0.150. The average molecular weight is 365 g/mol. The van der Waals surface area contributed by atoms with Crippen LogP contribution >= 0.6 is 0 Å². The van der Waals surface area contributed by atoms with Gasteiger partial charge in [-0.15, -0.1) is 0 Å². The van der Waals surface area contributed by atoms with Crippen molar-refractivity contribution in [3.05, 3.63) is 59.2 Å². The van der Waals surface area contributed by atoms with Crippen LogP contribution in [0, 0.1) is 0 Å². The molecule has 2 amide bonds. The lowest BCUT2D eigenvalue weighted by Crippen LogP contribution is -2.21. The molecule has 0 saturated carbocycles. The summed E-state index contributed by atoms with van der Waals surface area (Å²) >= 11 is 0. The molecule has 3 rings (SSSR count). The van der Waals surface area contributed by atoms with E-state index in [0.29, 0.717) is 40.5 Å². The van der Waals surface area contributed by atoms with Gasteiger partial charge < -0.3 is 15.6 Å². The summed E-state index contributed by atoms with van der Waals surface area (Å²) in [6.45, 7) is 3.98. The second-order valence-electron chi connectivity index (χ2n) is 5.93. The fourth-order valence-corrected chi connectivity index (χ4v) is 2.68. The quantitative estimate of drug-likeness (QED) is 0.795. The lowest BCUT2D eigenvalue weighted by Gasteiger charge is -2.12. The maximum atomic E-state index is 12.8. The highest BCUT2D eigenvalue weighted by Crippen LogP contribution is 2.30. The molecule has 2 aromatic carbocycles. The second kappa shape index (κ2) is 7.33. The summed E-state index contributed by atoms with van der Waals surface area (Å²) < 4.78 is 5.37. The van der Waals surface area contributed by atoms with Crippen molar-refractivity contribution >= 4 is 29.3 Å². The molecule has 7 nitrogen and oxygen atoms in total. The molecule has 1 aliphatic rings. The number of hydrogen-bond donors (Lipinski definition) is 2. The number of anilines is 1.